The molecule has 1 N–H and O–H groups in total. The van der Waals surface area contributed by atoms with Crippen LogP contribution in [0.15, 0.2) is 18.2 Å². The van der Waals surface area contributed by atoms with Gasteiger partial charge in [0, 0.05) is 19.6 Å². The SMILES string of the molecule is Cc1ccc(CN2CCOC(C(=O)O)C2)cc1C. The standard InChI is InChI=1S/C14H19NO3/c1-10-3-4-12(7-11(10)2)8-15-5-6-18-13(9-15)14(16)17/h3-4,7,13H,5-6,8-9H2,1-2H3,(H,16,17). The second-order valence-electron chi connectivity index (χ2n) is 4.85. The molecule has 0 bridgehead atoms. The average molecular weight is 249 g/mol. The molecule has 0 aliphatic carbocycles. The Bertz CT molecular complexity index is 445. The topological polar surface area (TPSA) is 49.8 Å². The van der Waals surface area contributed by atoms with Crippen molar-refractivity contribution in [2.45, 2.75) is 26.5 Å². The third-order valence-electron chi connectivity index (χ3n) is 3.40. The van der Waals surface area contributed by atoms with Gasteiger partial charge in [-0.25, -0.2) is 4.79 Å². The summed E-state index contributed by atoms with van der Waals surface area (Å²) in [4.78, 5) is 13.0. The van der Waals surface area contributed by atoms with Crippen LogP contribution >= 0.6 is 0 Å². The average Bonchev–Trinajstić information content (AvgIpc) is 2.34. The van der Waals surface area contributed by atoms with Gasteiger partial charge in [0.05, 0.1) is 6.61 Å². The Morgan fingerprint density at radius 3 is 2.89 bits per heavy atom. The molecule has 0 spiro atoms. The molecular formula is C14H19NO3. The quantitative estimate of drug-likeness (QED) is 0.883. The first-order valence-corrected chi connectivity index (χ1v) is 6.19. The minimum atomic E-state index is -0.875. The maximum absolute atomic E-state index is 10.9. The molecule has 98 valence electrons. The molecule has 4 nitrogen and oxygen atoms in total. The Hall–Kier alpha value is -1.39. The van der Waals surface area contributed by atoms with Crippen LogP contribution < -0.4 is 0 Å². The summed E-state index contributed by atoms with van der Waals surface area (Å²) in [5.74, 6) is -0.875. The van der Waals surface area contributed by atoms with Crippen LogP contribution in [-0.4, -0.2) is 41.8 Å². The van der Waals surface area contributed by atoms with Crippen molar-refractivity contribution in [3.8, 4) is 0 Å². The Labute approximate surface area is 107 Å². The minimum absolute atomic E-state index is 0.461. The first-order valence-electron chi connectivity index (χ1n) is 6.19. The molecule has 2 rings (SSSR count). The van der Waals surface area contributed by atoms with Crippen LogP contribution in [0.2, 0.25) is 0 Å². The van der Waals surface area contributed by atoms with E-state index in [0.717, 1.165) is 13.1 Å². The second-order valence-corrected chi connectivity index (χ2v) is 4.85. The largest absolute Gasteiger partial charge is 0.479 e. The predicted octanol–water partition coefficient (Wildman–Crippen LogP) is 1.59. The fraction of sp³-hybridized carbons (Fsp3) is 0.500. The lowest BCUT2D eigenvalue weighted by molar-refractivity contribution is -0.156. The Kier molecular flexibility index (Phi) is 3.99. The molecule has 0 amide bonds. The monoisotopic (exact) mass is 249 g/mol. The van der Waals surface area contributed by atoms with Gasteiger partial charge in [0.2, 0.25) is 0 Å². The van der Waals surface area contributed by atoms with E-state index in [0.29, 0.717) is 13.2 Å². The molecule has 1 aromatic carbocycles. The van der Waals surface area contributed by atoms with Crippen LogP contribution in [0.1, 0.15) is 16.7 Å². The first-order chi connectivity index (χ1) is 8.56. The number of ether oxygens (including phenoxy) is 1. The van der Waals surface area contributed by atoms with Crippen molar-refractivity contribution < 1.29 is 14.6 Å². The summed E-state index contributed by atoms with van der Waals surface area (Å²) in [6, 6.07) is 6.38. The van der Waals surface area contributed by atoms with Crippen LogP contribution in [0, 0.1) is 13.8 Å². The van der Waals surface area contributed by atoms with Crippen LogP contribution in [0.25, 0.3) is 0 Å². The number of aryl methyl sites for hydroxylation is 2. The smallest absolute Gasteiger partial charge is 0.334 e. The van der Waals surface area contributed by atoms with Gasteiger partial charge in [0.15, 0.2) is 6.10 Å². The molecule has 1 unspecified atom stereocenters. The zero-order valence-electron chi connectivity index (χ0n) is 10.8. The van der Waals surface area contributed by atoms with Gasteiger partial charge in [-0.1, -0.05) is 18.2 Å². The number of benzene rings is 1. The molecule has 0 saturated carbocycles. The minimum Gasteiger partial charge on any atom is -0.479 e. The van der Waals surface area contributed by atoms with Gasteiger partial charge in [-0.3, -0.25) is 4.90 Å². The highest BCUT2D eigenvalue weighted by Crippen LogP contribution is 2.14. The normalized spacial score (nSPS) is 20.9. The summed E-state index contributed by atoms with van der Waals surface area (Å²) in [7, 11) is 0. The number of carboxylic acid groups (broad SMARTS) is 1. The van der Waals surface area contributed by atoms with Gasteiger partial charge in [0.1, 0.15) is 0 Å². The van der Waals surface area contributed by atoms with E-state index >= 15 is 0 Å². The molecular weight excluding hydrogens is 230 g/mol. The first kappa shape index (κ1) is 13.1. The molecule has 1 aliphatic heterocycles. The summed E-state index contributed by atoms with van der Waals surface area (Å²) in [6.07, 6.45) is -0.690. The number of morpholine rings is 1. The lowest BCUT2D eigenvalue weighted by Crippen LogP contribution is -2.45. The third kappa shape index (κ3) is 3.09. The molecule has 4 heteroatoms. The Balaban J connectivity index is 2.00. The fourth-order valence-electron chi connectivity index (χ4n) is 2.16. The molecule has 1 atom stereocenters. The van der Waals surface area contributed by atoms with E-state index < -0.39 is 12.1 Å². The van der Waals surface area contributed by atoms with Crippen molar-refractivity contribution >= 4 is 5.97 Å². The van der Waals surface area contributed by atoms with Gasteiger partial charge in [0.25, 0.3) is 0 Å². The van der Waals surface area contributed by atoms with E-state index in [-0.39, 0.29) is 0 Å². The van der Waals surface area contributed by atoms with E-state index in [9.17, 15) is 4.79 Å². The van der Waals surface area contributed by atoms with Crippen molar-refractivity contribution in [3.05, 3.63) is 34.9 Å². The Morgan fingerprint density at radius 2 is 2.22 bits per heavy atom. The number of carboxylic acids is 1. The summed E-state index contributed by atoms with van der Waals surface area (Å²) in [6.45, 7) is 6.71. The van der Waals surface area contributed by atoms with Crippen molar-refractivity contribution in [1.82, 2.24) is 4.90 Å². The Morgan fingerprint density at radius 1 is 1.44 bits per heavy atom. The highest BCUT2D eigenvalue weighted by Gasteiger charge is 2.25. The molecule has 0 radical (unpaired) electrons. The van der Waals surface area contributed by atoms with Crippen LogP contribution in [0.5, 0.6) is 0 Å². The van der Waals surface area contributed by atoms with Crippen LogP contribution in [0.3, 0.4) is 0 Å². The molecule has 1 aliphatic rings. The highest BCUT2D eigenvalue weighted by atomic mass is 16.5. The number of aliphatic carboxylic acids is 1. The fourth-order valence-corrected chi connectivity index (χ4v) is 2.16. The zero-order valence-corrected chi connectivity index (χ0v) is 10.8. The van der Waals surface area contributed by atoms with Gasteiger partial charge >= 0.3 is 5.97 Å². The molecule has 1 fully saturated rings. The van der Waals surface area contributed by atoms with Crippen molar-refractivity contribution in [3.63, 3.8) is 0 Å². The lowest BCUT2D eigenvalue weighted by Gasteiger charge is -2.30. The van der Waals surface area contributed by atoms with Gasteiger partial charge in [-0.2, -0.15) is 0 Å². The number of hydrogen-bond acceptors (Lipinski definition) is 3. The third-order valence-corrected chi connectivity index (χ3v) is 3.40. The van der Waals surface area contributed by atoms with Crippen LogP contribution in [-0.2, 0) is 16.1 Å². The highest BCUT2D eigenvalue weighted by molar-refractivity contribution is 5.72. The number of nitrogens with zero attached hydrogens (tertiary/aromatic N) is 1. The van der Waals surface area contributed by atoms with E-state index in [1.165, 1.54) is 16.7 Å². The maximum atomic E-state index is 10.9. The van der Waals surface area contributed by atoms with Crippen molar-refractivity contribution in [2.24, 2.45) is 0 Å². The lowest BCUT2D eigenvalue weighted by atomic mass is 10.1. The van der Waals surface area contributed by atoms with Crippen LogP contribution in [0.4, 0.5) is 0 Å². The van der Waals surface area contributed by atoms with E-state index in [1.54, 1.807) is 0 Å². The van der Waals surface area contributed by atoms with Gasteiger partial charge in [-0.15, -0.1) is 0 Å². The van der Waals surface area contributed by atoms with E-state index in [1.807, 2.05) is 0 Å². The summed E-state index contributed by atoms with van der Waals surface area (Å²) < 4.78 is 5.21. The molecule has 1 saturated heterocycles. The molecule has 0 aromatic heterocycles. The number of carbonyl (C=O) groups is 1. The number of hydrogen-bond donors (Lipinski definition) is 1. The predicted molar refractivity (Wildman–Crippen MR) is 68.6 cm³/mol. The van der Waals surface area contributed by atoms with Crippen molar-refractivity contribution in [2.75, 3.05) is 19.7 Å². The number of rotatable bonds is 3. The zero-order chi connectivity index (χ0) is 13.1. The summed E-state index contributed by atoms with van der Waals surface area (Å²) >= 11 is 0. The van der Waals surface area contributed by atoms with Gasteiger partial charge in [-0.05, 0) is 30.5 Å². The summed E-state index contributed by atoms with van der Waals surface area (Å²) in [5.41, 5.74) is 3.78. The summed E-state index contributed by atoms with van der Waals surface area (Å²) in [5, 5.41) is 8.95. The van der Waals surface area contributed by atoms with E-state index in [4.69, 9.17) is 9.84 Å². The second kappa shape index (κ2) is 5.50. The van der Waals surface area contributed by atoms with Crippen molar-refractivity contribution in [1.29, 1.82) is 0 Å². The molecule has 18 heavy (non-hydrogen) atoms. The molecule has 1 heterocycles. The molecule has 1 aromatic rings. The van der Waals surface area contributed by atoms with E-state index in [2.05, 4.69) is 36.9 Å². The maximum Gasteiger partial charge on any atom is 0.334 e. The van der Waals surface area contributed by atoms with Gasteiger partial charge < -0.3 is 9.84 Å².